The predicted octanol–water partition coefficient (Wildman–Crippen LogP) is 6.00. The van der Waals surface area contributed by atoms with Crippen molar-refractivity contribution in [2.24, 2.45) is 5.92 Å². The van der Waals surface area contributed by atoms with E-state index in [9.17, 15) is 0 Å². The molecule has 1 heterocycles. The van der Waals surface area contributed by atoms with Crippen molar-refractivity contribution in [3.05, 3.63) is 29.3 Å². The van der Waals surface area contributed by atoms with E-state index in [1.807, 2.05) is 0 Å². The lowest BCUT2D eigenvalue weighted by atomic mass is 9.84. The van der Waals surface area contributed by atoms with E-state index in [2.05, 4.69) is 32.0 Å². The zero-order valence-corrected chi connectivity index (χ0v) is 14.1. The Hall–Kier alpha value is -0.690. The number of benzene rings is 1. The van der Waals surface area contributed by atoms with Crippen LogP contribution in [-0.4, -0.2) is 6.61 Å². The second-order valence-corrected chi connectivity index (χ2v) is 8.00. The van der Waals surface area contributed by atoms with Crippen molar-refractivity contribution in [2.75, 3.05) is 6.61 Å². The third-order valence-electron chi connectivity index (χ3n) is 5.24. The first-order chi connectivity index (χ1) is 10.1. The van der Waals surface area contributed by atoms with Gasteiger partial charge in [-0.3, -0.25) is 0 Å². The Kier molecular flexibility index (Phi) is 4.49. The van der Waals surface area contributed by atoms with Gasteiger partial charge in [0.1, 0.15) is 5.75 Å². The van der Waals surface area contributed by atoms with Gasteiger partial charge < -0.3 is 4.74 Å². The molecule has 0 radical (unpaired) electrons. The minimum atomic E-state index is 0.116. The van der Waals surface area contributed by atoms with Crippen molar-refractivity contribution in [3.8, 4) is 5.75 Å². The van der Waals surface area contributed by atoms with Crippen LogP contribution in [0, 0.1) is 5.92 Å². The molecule has 1 saturated carbocycles. The molecule has 2 heteroatoms. The van der Waals surface area contributed by atoms with Gasteiger partial charge in [0.15, 0.2) is 0 Å². The molecule has 1 aliphatic carbocycles. The summed E-state index contributed by atoms with van der Waals surface area (Å²) in [5, 5.41) is 0.147. The summed E-state index contributed by atoms with van der Waals surface area (Å²) in [6.45, 7) is 5.27. The van der Waals surface area contributed by atoms with Crippen molar-refractivity contribution in [1.29, 1.82) is 0 Å². The summed E-state index contributed by atoms with van der Waals surface area (Å²) in [7, 11) is 0. The maximum atomic E-state index is 6.68. The molecule has 0 aromatic heterocycles. The van der Waals surface area contributed by atoms with Crippen molar-refractivity contribution in [1.82, 2.24) is 0 Å². The molecule has 116 valence electrons. The van der Waals surface area contributed by atoms with E-state index in [1.165, 1.54) is 49.7 Å². The number of alkyl halides is 1. The molecule has 1 fully saturated rings. The summed E-state index contributed by atoms with van der Waals surface area (Å²) in [5.41, 5.74) is 2.71. The first kappa shape index (κ1) is 15.2. The van der Waals surface area contributed by atoms with Crippen LogP contribution in [0.3, 0.4) is 0 Å². The van der Waals surface area contributed by atoms with E-state index >= 15 is 0 Å². The summed E-state index contributed by atoms with van der Waals surface area (Å²) in [4.78, 5) is 0. The Morgan fingerprint density at radius 1 is 1.24 bits per heavy atom. The largest absolute Gasteiger partial charge is 0.492 e. The van der Waals surface area contributed by atoms with Crippen LogP contribution >= 0.6 is 11.6 Å². The normalized spacial score (nSPS) is 22.6. The number of halogens is 1. The molecule has 1 nitrogen and oxygen atoms in total. The van der Waals surface area contributed by atoms with E-state index in [1.54, 1.807) is 0 Å². The third kappa shape index (κ3) is 3.39. The average molecular weight is 307 g/mol. The fourth-order valence-corrected chi connectivity index (χ4v) is 4.02. The summed E-state index contributed by atoms with van der Waals surface area (Å²) in [6, 6.07) is 6.54. The Morgan fingerprint density at radius 2 is 2.00 bits per heavy atom. The van der Waals surface area contributed by atoms with E-state index in [-0.39, 0.29) is 10.8 Å². The number of ether oxygens (including phenoxy) is 1. The molecule has 3 rings (SSSR count). The van der Waals surface area contributed by atoms with Crippen molar-refractivity contribution >= 4 is 11.6 Å². The van der Waals surface area contributed by atoms with Crippen molar-refractivity contribution in [3.63, 3.8) is 0 Å². The van der Waals surface area contributed by atoms with Gasteiger partial charge in [0.05, 0.1) is 12.0 Å². The van der Waals surface area contributed by atoms with Crippen LogP contribution in [0.5, 0.6) is 5.75 Å². The lowest BCUT2D eigenvalue weighted by Crippen LogP contribution is -2.18. The molecule has 1 unspecified atom stereocenters. The minimum absolute atomic E-state index is 0.116. The first-order valence-electron chi connectivity index (χ1n) is 8.47. The fourth-order valence-electron chi connectivity index (χ4n) is 3.76. The zero-order chi connectivity index (χ0) is 14.9. The molecule has 0 saturated heterocycles. The molecule has 21 heavy (non-hydrogen) atoms. The summed E-state index contributed by atoms with van der Waals surface area (Å²) >= 11 is 6.68. The molecule has 1 aliphatic heterocycles. The van der Waals surface area contributed by atoms with Gasteiger partial charge in [0.25, 0.3) is 0 Å². The number of hydrogen-bond donors (Lipinski definition) is 0. The standard InChI is InChI=1S/C19H27ClO/c1-19(2)13-21-18-11-9-15(12-16(18)19)17(20)10-8-14-6-4-3-5-7-14/h9,11-12,14,17H,3-8,10,13H2,1-2H3. The highest BCUT2D eigenvalue weighted by atomic mass is 35.5. The first-order valence-corrected chi connectivity index (χ1v) is 8.91. The van der Waals surface area contributed by atoms with Crippen LogP contribution < -0.4 is 4.74 Å². The highest BCUT2D eigenvalue weighted by Crippen LogP contribution is 2.41. The second kappa shape index (κ2) is 6.20. The van der Waals surface area contributed by atoms with E-state index in [0.717, 1.165) is 24.7 Å². The predicted molar refractivity (Wildman–Crippen MR) is 89.4 cm³/mol. The van der Waals surface area contributed by atoms with Crippen molar-refractivity contribution in [2.45, 2.75) is 69.6 Å². The maximum Gasteiger partial charge on any atom is 0.123 e. The van der Waals surface area contributed by atoms with Gasteiger partial charge in [-0.2, -0.15) is 0 Å². The molecule has 1 aromatic rings. The third-order valence-corrected chi connectivity index (χ3v) is 5.71. The summed E-state index contributed by atoms with van der Waals surface area (Å²) < 4.78 is 5.76. The molecule has 0 spiro atoms. The van der Waals surface area contributed by atoms with E-state index in [0.29, 0.717) is 0 Å². The minimum Gasteiger partial charge on any atom is -0.492 e. The average Bonchev–Trinajstić information content (AvgIpc) is 2.81. The highest BCUT2D eigenvalue weighted by molar-refractivity contribution is 6.20. The smallest absolute Gasteiger partial charge is 0.123 e. The van der Waals surface area contributed by atoms with Crippen LogP contribution in [0.25, 0.3) is 0 Å². The van der Waals surface area contributed by atoms with Crippen LogP contribution in [0.4, 0.5) is 0 Å². The molecule has 0 N–H and O–H groups in total. The van der Waals surface area contributed by atoms with Gasteiger partial charge in [-0.05, 0) is 36.5 Å². The SMILES string of the molecule is CC1(C)COc2ccc(C(Cl)CCC3CCCCC3)cc21. The molecule has 0 bridgehead atoms. The Bertz CT molecular complexity index is 488. The van der Waals surface area contributed by atoms with Gasteiger partial charge >= 0.3 is 0 Å². The maximum absolute atomic E-state index is 6.68. The van der Waals surface area contributed by atoms with Crippen LogP contribution in [0.2, 0.25) is 0 Å². The van der Waals surface area contributed by atoms with Gasteiger partial charge in [-0.15, -0.1) is 11.6 Å². The summed E-state index contributed by atoms with van der Waals surface area (Å²) in [6.07, 6.45) is 9.48. The second-order valence-electron chi connectivity index (χ2n) is 7.48. The van der Waals surface area contributed by atoms with Gasteiger partial charge in [0.2, 0.25) is 0 Å². The fraction of sp³-hybridized carbons (Fsp3) is 0.684. The lowest BCUT2D eigenvalue weighted by molar-refractivity contribution is 0.291. The van der Waals surface area contributed by atoms with Crippen LogP contribution in [0.1, 0.15) is 75.3 Å². The van der Waals surface area contributed by atoms with E-state index in [4.69, 9.17) is 16.3 Å². The molecule has 0 amide bonds. The quantitative estimate of drug-likeness (QED) is 0.620. The monoisotopic (exact) mass is 306 g/mol. The Balaban J connectivity index is 1.63. The topological polar surface area (TPSA) is 9.23 Å². The summed E-state index contributed by atoms with van der Waals surface area (Å²) in [5.74, 6) is 1.95. The van der Waals surface area contributed by atoms with E-state index < -0.39 is 0 Å². The Labute approximate surface area is 134 Å². The number of fused-ring (bicyclic) bond motifs is 1. The van der Waals surface area contributed by atoms with Crippen molar-refractivity contribution < 1.29 is 4.74 Å². The van der Waals surface area contributed by atoms with Crippen LogP contribution in [0.15, 0.2) is 18.2 Å². The molecule has 2 aliphatic rings. The van der Waals surface area contributed by atoms with Crippen LogP contribution in [-0.2, 0) is 5.41 Å². The molecular weight excluding hydrogens is 280 g/mol. The van der Waals surface area contributed by atoms with Gasteiger partial charge in [0, 0.05) is 11.0 Å². The molecule has 1 aromatic carbocycles. The number of rotatable bonds is 4. The Morgan fingerprint density at radius 3 is 2.76 bits per heavy atom. The van der Waals surface area contributed by atoms with Gasteiger partial charge in [-0.25, -0.2) is 0 Å². The highest BCUT2D eigenvalue weighted by Gasteiger charge is 2.32. The lowest BCUT2D eigenvalue weighted by Gasteiger charge is -2.23. The molecule has 1 atom stereocenters. The number of hydrogen-bond acceptors (Lipinski definition) is 1. The zero-order valence-electron chi connectivity index (χ0n) is 13.3. The van der Waals surface area contributed by atoms with Gasteiger partial charge in [-0.1, -0.05) is 52.0 Å². The molecular formula is C19H27ClO.